The zero-order chi connectivity index (χ0) is 36.8. The Balaban J connectivity index is 0.000000235. The van der Waals surface area contributed by atoms with Gasteiger partial charge in [-0.1, -0.05) is 24.3 Å². The second-order valence-corrected chi connectivity index (χ2v) is 13.9. The minimum absolute atomic E-state index is 0. The Bertz CT molecular complexity index is 1810. The van der Waals surface area contributed by atoms with E-state index in [2.05, 4.69) is 0 Å². The number of β-lactam (4-membered cyclic amide) rings is 2. The fourth-order valence-electron chi connectivity index (χ4n) is 6.91. The van der Waals surface area contributed by atoms with Crippen LogP contribution in [0.1, 0.15) is 58.6 Å². The Morgan fingerprint density at radius 3 is 1.65 bits per heavy atom. The molecule has 2 fully saturated rings. The number of nitrogens with zero attached hydrogens (tertiary/aromatic N) is 2. The molecule has 6 N–H and O–H groups in total. The van der Waals surface area contributed by atoms with Gasteiger partial charge < -0.3 is 50.9 Å². The number of benzene rings is 2. The number of carboxylic acids is 1. The predicted octanol–water partition coefficient (Wildman–Crippen LogP) is -1.97. The van der Waals surface area contributed by atoms with Crippen molar-refractivity contribution in [3.63, 3.8) is 0 Å². The van der Waals surface area contributed by atoms with Crippen LogP contribution in [0.4, 0.5) is 11.4 Å². The first-order valence-electron chi connectivity index (χ1n) is 16.2. The van der Waals surface area contributed by atoms with Crippen molar-refractivity contribution in [2.24, 2.45) is 17.3 Å². The zero-order valence-electron chi connectivity index (χ0n) is 29.4. The van der Waals surface area contributed by atoms with E-state index in [1.54, 1.807) is 76.2 Å². The molecule has 0 aliphatic carbocycles. The van der Waals surface area contributed by atoms with Crippen LogP contribution in [0.2, 0.25) is 0 Å². The first kappa shape index (κ1) is 39.6. The smallest absolute Gasteiger partial charge is 0.543 e. The van der Waals surface area contributed by atoms with Crippen LogP contribution in [-0.4, -0.2) is 80.8 Å². The minimum atomic E-state index is -1.38. The summed E-state index contributed by atoms with van der Waals surface area (Å²) >= 11 is 0. The number of rotatable bonds is 8. The van der Waals surface area contributed by atoms with Gasteiger partial charge >= 0.3 is 41.5 Å². The number of fused-ring (bicyclic) bond motifs is 2. The molecular weight excluding hydrogens is 671 g/mol. The van der Waals surface area contributed by atoms with Crippen LogP contribution in [0, 0.1) is 17.3 Å². The Hall–Kier alpha value is -4.21. The number of aliphatic hydroxyl groups is 2. The number of anilines is 2. The molecule has 0 radical (unpaired) electrons. The molecule has 2 aromatic carbocycles. The first-order chi connectivity index (χ1) is 23.4. The number of hydrogen-bond donors (Lipinski definition) is 4. The van der Waals surface area contributed by atoms with Crippen molar-refractivity contribution < 1.29 is 78.3 Å². The Kier molecular flexibility index (Phi) is 11.8. The Labute approximate surface area is 317 Å². The van der Waals surface area contributed by atoms with E-state index in [0.717, 1.165) is 0 Å². The number of ether oxygens (including phenoxy) is 2. The minimum Gasteiger partial charge on any atom is -0.543 e. The van der Waals surface area contributed by atoms with Gasteiger partial charge in [-0.15, -0.1) is 0 Å². The number of amides is 2. The third-order valence-electron chi connectivity index (χ3n) is 9.31. The molecule has 266 valence electrons. The van der Waals surface area contributed by atoms with Gasteiger partial charge in [0.1, 0.15) is 5.70 Å². The second kappa shape index (κ2) is 15.2. The fraction of sp³-hybridized carbons (Fsp3) is 0.417. The van der Waals surface area contributed by atoms with Crippen LogP contribution in [-0.2, 0) is 33.4 Å². The van der Waals surface area contributed by atoms with Gasteiger partial charge in [-0.3, -0.25) is 14.4 Å². The molecule has 15 heteroatoms. The monoisotopic (exact) mass is 712 g/mol. The van der Waals surface area contributed by atoms with Crippen LogP contribution in [0.5, 0.6) is 0 Å². The van der Waals surface area contributed by atoms with E-state index in [-0.39, 0.29) is 64.8 Å². The van der Waals surface area contributed by atoms with Crippen LogP contribution >= 0.6 is 0 Å². The molecule has 0 unspecified atom stereocenters. The average molecular weight is 713 g/mol. The third kappa shape index (κ3) is 7.56. The van der Waals surface area contributed by atoms with E-state index in [9.17, 15) is 39.3 Å². The van der Waals surface area contributed by atoms with Crippen molar-refractivity contribution in [1.29, 1.82) is 0 Å². The largest absolute Gasteiger partial charge is 1.00 e. The van der Waals surface area contributed by atoms with E-state index in [4.69, 9.17) is 20.9 Å². The summed E-state index contributed by atoms with van der Waals surface area (Å²) in [7, 11) is 0. The summed E-state index contributed by atoms with van der Waals surface area (Å²) in [6.45, 7) is 7.62. The van der Waals surface area contributed by atoms with E-state index in [1.807, 2.05) is 0 Å². The number of nitrogen functional groups attached to an aromatic ring is 2. The summed E-state index contributed by atoms with van der Waals surface area (Å²) in [6.07, 6.45) is -0.846. The molecule has 0 saturated carbocycles. The van der Waals surface area contributed by atoms with Crippen molar-refractivity contribution in [2.45, 2.75) is 71.8 Å². The van der Waals surface area contributed by atoms with E-state index in [0.29, 0.717) is 46.5 Å². The molecule has 14 nitrogen and oxygen atoms in total. The fourth-order valence-corrected chi connectivity index (χ4v) is 6.91. The molecule has 4 aliphatic rings. The van der Waals surface area contributed by atoms with Crippen molar-refractivity contribution in [1.82, 2.24) is 9.80 Å². The first-order valence-corrected chi connectivity index (χ1v) is 16.2. The number of carbonyl (C=O) groups is 5. The third-order valence-corrected chi connectivity index (χ3v) is 9.31. The number of carbonyl (C=O) groups excluding carboxylic acids is 5. The molecule has 2 aromatic rings. The molecule has 51 heavy (non-hydrogen) atoms. The van der Waals surface area contributed by atoms with Gasteiger partial charge in [0.2, 0.25) is 18.6 Å². The molecule has 4 heterocycles. The van der Waals surface area contributed by atoms with Gasteiger partial charge in [0.05, 0.1) is 53.2 Å². The summed E-state index contributed by atoms with van der Waals surface area (Å²) in [5.74, 6) is -4.48. The maximum Gasteiger partial charge on any atom is 1.00 e. The van der Waals surface area contributed by atoms with Crippen molar-refractivity contribution in [3.05, 3.63) is 71.1 Å². The molecule has 0 bridgehead atoms. The van der Waals surface area contributed by atoms with Gasteiger partial charge in [-0.05, 0) is 94.0 Å². The molecule has 4 aliphatic heterocycles. The maximum absolute atomic E-state index is 12.8. The summed E-state index contributed by atoms with van der Waals surface area (Å²) in [5.41, 5.74) is 14.4. The number of esters is 2. The van der Waals surface area contributed by atoms with Crippen molar-refractivity contribution in [2.75, 3.05) is 18.3 Å². The molecular formula is C36H41N4NaO10. The van der Waals surface area contributed by atoms with Crippen molar-refractivity contribution in [3.8, 4) is 0 Å². The zero-order valence-corrected chi connectivity index (χ0v) is 31.4. The number of aliphatic hydroxyl groups excluding tert-OH is 2. The topological polar surface area (TPSA) is 226 Å². The maximum atomic E-state index is 12.8. The van der Waals surface area contributed by atoms with Crippen LogP contribution in [0.15, 0.2) is 59.9 Å². The summed E-state index contributed by atoms with van der Waals surface area (Å²) in [4.78, 5) is 63.3. The number of hydrogen-bond acceptors (Lipinski definition) is 12. The molecule has 0 spiro atoms. The SMILES string of the molecule is C[C@@H](O)[C@H]1C(=O)N2C(C(=O)OCOC(=O)C(C)(C)C)=C(c3cccc(N)c3)C[C@H]12.C[C@@H](O)[C@H]1C(=O)N2C(C(=O)[O-])=C(c3cccc(N)c3)C[C@H]12.[Na+]. The quantitative estimate of drug-likeness (QED) is 0.0769. The average Bonchev–Trinajstić information content (AvgIpc) is 3.54. The molecule has 2 saturated heterocycles. The van der Waals surface area contributed by atoms with E-state index in [1.165, 1.54) is 16.7 Å². The standard InChI is InChI=1S/C21H26N2O6.C15H16N2O4.Na/c1-11(24)16-15-9-14(12-6-5-7-13(22)8-12)17(23(15)18(16)25)19(26)28-10-29-20(27)21(2,3)4;1-7(18)12-11-6-10(8-3-2-4-9(16)5-8)13(15(20)21)17(11)14(12)19;/h5-8,11,15-16,24H,9-10,22H2,1-4H3;2-5,7,11-12,18H,6,16H2,1H3,(H,20,21);/q;;+1/p-1/t11-,15-,16-;7-,11-,12-;/m11./s1. The number of nitrogens with two attached hydrogens (primary N) is 2. The molecule has 6 atom stereocenters. The van der Waals surface area contributed by atoms with Crippen LogP contribution in [0.25, 0.3) is 11.1 Å². The molecule has 2 amide bonds. The van der Waals surface area contributed by atoms with Gasteiger partial charge in [-0.2, -0.15) is 0 Å². The Morgan fingerprint density at radius 2 is 1.25 bits per heavy atom. The predicted molar refractivity (Wildman–Crippen MR) is 178 cm³/mol. The van der Waals surface area contributed by atoms with Crippen LogP contribution in [0.3, 0.4) is 0 Å². The van der Waals surface area contributed by atoms with Crippen molar-refractivity contribution >= 4 is 52.2 Å². The van der Waals surface area contributed by atoms with E-state index < -0.39 is 54.2 Å². The van der Waals surface area contributed by atoms with Gasteiger partial charge in [0.25, 0.3) is 0 Å². The van der Waals surface area contributed by atoms with Gasteiger partial charge in [-0.25, -0.2) is 4.79 Å². The summed E-state index contributed by atoms with van der Waals surface area (Å²) in [6, 6.07) is 13.2. The number of aliphatic carboxylic acids is 1. The molecule has 6 rings (SSSR count). The van der Waals surface area contributed by atoms with Gasteiger partial charge in [0.15, 0.2) is 0 Å². The molecule has 0 aromatic heterocycles. The number of carboxylic acid groups (broad SMARTS) is 1. The van der Waals surface area contributed by atoms with E-state index >= 15 is 0 Å². The van der Waals surface area contributed by atoms with Gasteiger partial charge in [0, 0.05) is 11.4 Å². The normalized spacial score (nSPS) is 23.1. The second-order valence-electron chi connectivity index (χ2n) is 13.9. The Morgan fingerprint density at radius 1 is 0.824 bits per heavy atom. The summed E-state index contributed by atoms with van der Waals surface area (Å²) < 4.78 is 10.1. The summed E-state index contributed by atoms with van der Waals surface area (Å²) in [5, 5.41) is 31.0. The van der Waals surface area contributed by atoms with Crippen LogP contribution < -0.4 is 46.1 Å².